The van der Waals surface area contributed by atoms with Crippen LogP contribution in [-0.2, 0) is 0 Å². The van der Waals surface area contributed by atoms with Crippen molar-refractivity contribution in [3.63, 3.8) is 0 Å². The van der Waals surface area contributed by atoms with Gasteiger partial charge in [0.05, 0.1) is 0 Å². The number of hydrogen-bond acceptors (Lipinski definition) is 3. The van der Waals surface area contributed by atoms with Crippen LogP contribution in [0.2, 0.25) is 0 Å². The molecule has 0 amide bonds. The quantitative estimate of drug-likeness (QED) is 0.286. The second kappa shape index (κ2) is 10.1. The predicted octanol–water partition coefficient (Wildman–Crippen LogP) is 7.72. The third kappa shape index (κ3) is 5.51. The van der Waals surface area contributed by atoms with Gasteiger partial charge in [-0.3, -0.25) is 14.4 Å². The third-order valence-corrected chi connectivity index (χ3v) is 7.35. The first kappa shape index (κ1) is 26.3. The molecule has 35 heavy (non-hydrogen) atoms. The van der Waals surface area contributed by atoms with Crippen molar-refractivity contribution in [2.24, 2.45) is 22.2 Å². The molecule has 3 heteroatoms. The summed E-state index contributed by atoms with van der Waals surface area (Å²) in [6.45, 7) is 11.5. The van der Waals surface area contributed by atoms with E-state index in [-0.39, 0.29) is 17.3 Å². The molecule has 0 radical (unpaired) electrons. The zero-order valence-corrected chi connectivity index (χ0v) is 21.7. The molecule has 0 bridgehead atoms. The number of ketones is 3. The summed E-state index contributed by atoms with van der Waals surface area (Å²) in [4.78, 5) is 41.3. The summed E-state index contributed by atoms with van der Waals surface area (Å²) in [6, 6.07) is 27.6. The Morgan fingerprint density at radius 2 is 0.800 bits per heavy atom. The second-order valence-electron chi connectivity index (χ2n) is 11.2. The molecular weight excluding hydrogens is 432 g/mol. The molecule has 0 spiro atoms. The van der Waals surface area contributed by atoms with E-state index in [1.54, 1.807) is 0 Å². The molecule has 0 heterocycles. The molecule has 3 aromatic rings. The topological polar surface area (TPSA) is 51.2 Å². The van der Waals surface area contributed by atoms with Crippen molar-refractivity contribution in [2.45, 2.75) is 48.0 Å². The van der Waals surface area contributed by atoms with Crippen LogP contribution in [0.25, 0.3) is 0 Å². The van der Waals surface area contributed by atoms with Gasteiger partial charge in [-0.25, -0.2) is 0 Å². The number of rotatable bonds is 10. The fourth-order valence-electron chi connectivity index (χ4n) is 5.24. The van der Waals surface area contributed by atoms with Gasteiger partial charge in [0.2, 0.25) is 0 Å². The van der Waals surface area contributed by atoms with Crippen LogP contribution in [0.15, 0.2) is 91.0 Å². The largest absolute Gasteiger partial charge is 0.294 e. The van der Waals surface area contributed by atoms with E-state index in [9.17, 15) is 14.4 Å². The molecule has 0 aromatic heterocycles. The highest BCUT2D eigenvalue weighted by Crippen LogP contribution is 2.50. The van der Waals surface area contributed by atoms with Crippen molar-refractivity contribution in [1.29, 1.82) is 0 Å². The van der Waals surface area contributed by atoms with Gasteiger partial charge in [0.15, 0.2) is 17.3 Å². The highest BCUT2D eigenvalue weighted by Gasteiger charge is 2.51. The highest BCUT2D eigenvalue weighted by molar-refractivity contribution is 6.04. The van der Waals surface area contributed by atoms with Crippen molar-refractivity contribution in [1.82, 2.24) is 0 Å². The van der Waals surface area contributed by atoms with E-state index in [1.807, 2.05) is 133 Å². The lowest BCUT2D eigenvalue weighted by Crippen LogP contribution is -2.48. The molecule has 0 fully saturated rings. The fourth-order valence-corrected chi connectivity index (χ4v) is 5.24. The van der Waals surface area contributed by atoms with Crippen LogP contribution in [0, 0.1) is 22.2 Å². The van der Waals surface area contributed by atoms with Gasteiger partial charge in [-0.2, -0.15) is 0 Å². The smallest absolute Gasteiger partial charge is 0.168 e. The maximum atomic E-state index is 13.8. The van der Waals surface area contributed by atoms with Crippen molar-refractivity contribution in [2.75, 3.05) is 0 Å². The molecule has 0 aliphatic rings. The van der Waals surface area contributed by atoms with Gasteiger partial charge < -0.3 is 0 Å². The molecule has 0 aliphatic heterocycles. The molecule has 0 unspecified atom stereocenters. The van der Waals surface area contributed by atoms with Crippen LogP contribution in [0.1, 0.15) is 79.0 Å². The molecule has 3 rings (SSSR count). The summed E-state index contributed by atoms with van der Waals surface area (Å²) in [5.74, 6) is -0.452. The summed E-state index contributed by atoms with van der Waals surface area (Å²) in [7, 11) is 0. The minimum absolute atomic E-state index is 0.00835. The average molecular weight is 469 g/mol. The van der Waals surface area contributed by atoms with E-state index in [2.05, 4.69) is 0 Å². The molecule has 0 aliphatic carbocycles. The molecule has 3 aromatic carbocycles. The molecule has 0 N–H and O–H groups in total. The Hall–Kier alpha value is -3.33. The Labute approximate surface area is 209 Å². The van der Waals surface area contributed by atoms with E-state index in [0.717, 1.165) is 0 Å². The molecule has 0 atom stereocenters. The lowest BCUT2D eigenvalue weighted by molar-refractivity contribution is 0.0261. The minimum atomic E-state index is -0.899. The second-order valence-corrected chi connectivity index (χ2v) is 11.2. The summed E-state index contributed by atoms with van der Waals surface area (Å²) < 4.78 is 0. The van der Waals surface area contributed by atoms with Gasteiger partial charge >= 0.3 is 0 Å². The first-order valence-electron chi connectivity index (χ1n) is 12.2. The summed E-state index contributed by atoms with van der Waals surface area (Å²) in [5.41, 5.74) is -0.729. The number of hydrogen-bond donors (Lipinski definition) is 0. The van der Waals surface area contributed by atoms with E-state index in [0.29, 0.717) is 23.1 Å². The lowest BCUT2D eigenvalue weighted by atomic mass is 9.55. The highest BCUT2D eigenvalue weighted by atomic mass is 16.1. The molecule has 3 nitrogen and oxygen atoms in total. The number of benzene rings is 3. The van der Waals surface area contributed by atoms with Gasteiger partial charge in [0.25, 0.3) is 0 Å². The molecule has 0 saturated heterocycles. The van der Waals surface area contributed by atoms with Gasteiger partial charge in [0.1, 0.15) is 0 Å². The molecule has 182 valence electrons. The zero-order chi connectivity index (χ0) is 25.9. The normalized spacial score (nSPS) is 12.4. The van der Waals surface area contributed by atoms with Crippen molar-refractivity contribution < 1.29 is 14.4 Å². The van der Waals surface area contributed by atoms with Crippen LogP contribution in [0.4, 0.5) is 0 Å². The first-order chi connectivity index (χ1) is 16.4. The Balaban J connectivity index is 2.08. The van der Waals surface area contributed by atoms with Crippen LogP contribution >= 0.6 is 0 Å². The predicted molar refractivity (Wildman–Crippen MR) is 142 cm³/mol. The Morgan fingerprint density at radius 1 is 0.514 bits per heavy atom. The summed E-state index contributed by atoms with van der Waals surface area (Å²) in [5, 5.41) is 0. The molecule has 0 saturated carbocycles. The average Bonchev–Trinajstić information content (AvgIpc) is 2.87. The minimum Gasteiger partial charge on any atom is -0.294 e. The van der Waals surface area contributed by atoms with Crippen LogP contribution in [0.3, 0.4) is 0 Å². The Bertz CT molecular complexity index is 1110. The number of Topliss-reactive ketones (excluding diaryl/α,β-unsaturated/α-hetero) is 3. The Morgan fingerprint density at radius 3 is 1.11 bits per heavy atom. The van der Waals surface area contributed by atoms with Gasteiger partial charge in [0, 0.05) is 32.9 Å². The summed E-state index contributed by atoms with van der Waals surface area (Å²) in [6.07, 6.45) is 0.387. The maximum Gasteiger partial charge on any atom is 0.168 e. The van der Waals surface area contributed by atoms with Crippen LogP contribution in [0.5, 0.6) is 0 Å². The zero-order valence-electron chi connectivity index (χ0n) is 21.7. The standard InChI is InChI=1S/C32H36O3/c1-30(2,27(33)23-16-10-7-11-17-23)22-26(31(3,4)28(34)24-18-12-8-13-19-24)32(5,6)29(35)25-20-14-9-15-21-25/h7-21,26H,22H2,1-6H3. The number of carbonyl (C=O) groups excluding carboxylic acids is 3. The third-order valence-electron chi connectivity index (χ3n) is 7.35. The fraction of sp³-hybridized carbons (Fsp3) is 0.344. The van der Waals surface area contributed by atoms with Crippen molar-refractivity contribution in [3.8, 4) is 0 Å². The lowest BCUT2D eigenvalue weighted by Gasteiger charge is -2.46. The van der Waals surface area contributed by atoms with Crippen LogP contribution in [-0.4, -0.2) is 17.3 Å². The van der Waals surface area contributed by atoms with Crippen molar-refractivity contribution >= 4 is 17.3 Å². The van der Waals surface area contributed by atoms with Gasteiger partial charge in [-0.1, -0.05) is 133 Å². The Kier molecular flexibility index (Phi) is 7.59. The van der Waals surface area contributed by atoms with Crippen LogP contribution < -0.4 is 0 Å². The monoisotopic (exact) mass is 468 g/mol. The van der Waals surface area contributed by atoms with E-state index in [1.165, 1.54) is 0 Å². The van der Waals surface area contributed by atoms with Gasteiger partial charge in [-0.15, -0.1) is 0 Å². The van der Waals surface area contributed by atoms with E-state index < -0.39 is 22.2 Å². The maximum absolute atomic E-state index is 13.8. The number of carbonyl (C=O) groups is 3. The first-order valence-corrected chi connectivity index (χ1v) is 12.2. The van der Waals surface area contributed by atoms with E-state index >= 15 is 0 Å². The SMILES string of the molecule is CC(C)(CC(C(C)(C)C(=O)c1ccccc1)C(C)(C)C(=O)c1ccccc1)C(=O)c1ccccc1. The summed E-state index contributed by atoms with van der Waals surface area (Å²) >= 11 is 0. The molecular formula is C32H36O3. The van der Waals surface area contributed by atoms with Crippen molar-refractivity contribution in [3.05, 3.63) is 108 Å². The van der Waals surface area contributed by atoms with Gasteiger partial charge in [-0.05, 0) is 12.3 Å². The van der Waals surface area contributed by atoms with E-state index in [4.69, 9.17) is 0 Å².